The van der Waals surface area contributed by atoms with E-state index in [4.69, 9.17) is 9.13 Å². The van der Waals surface area contributed by atoms with E-state index in [0.29, 0.717) is 0 Å². The van der Waals surface area contributed by atoms with Gasteiger partial charge in [0.1, 0.15) is 0 Å². The molecule has 0 unspecified atom stereocenters. The molecule has 0 aromatic heterocycles. The van der Waals surface area contributed by atoms with Gasteiger partial charge in [0, 0.05) is 0 Å². The summed E-state index contributed by atoms with van der Waals surface area (Å²) in [6, 6.07) is 0. The van der Waals surface area contributed by atoms with Crippen molar-refractivity contribution in [3.8, 4) is 0 Å². The van der Waals surface area contributed by atoms with Gasteiger partial charge >= 0.3 is 6.88 Å². The molecular weight excluding hydrogens is 95.0 g/mol. The van der Waals surface area contributed by atoms with E-state index in [9.17, 15) is 0 Å². The van der Waals surface area contributed by atoms with Crippen LogP contribution in [0.3, 0.4) is 0 Å². The van der Waals surface area contributed by atoms with Crippen molar-refractivity contribution in [1.82, 2.24) is 0 Å². The fourth-order valence-electron chi connectivity index (χ4n) is 0. The fraction of sp³-hybridized carbons (Fsp3) is 0. The van der Waals surface area contributed by atoms with Crippen LogP contribution in [-0.4, -0.2) is 0 Å². The van der Waals surface area contributed by atoms with Gasteiger partial charge in [0.15, 0.2) is 0 Å². The SMILES string of the molecule is O=P(=O)S. The van der Waals surface area contributed by atoms with Gasteiger partial charge < -0.3 is 0 Å². The molecule has 0 heterocycles. The highest BCUT2D eigenvalue weighted by Gasteiger charge is 1.56. The second kappa shape index (κ2) is 1.56. The van der Waals surface area contributed by atoms with Crippen LogP contribution in [-0.2, 0) is 9.13 Å². The summed E-state index contributed by atoms with van der Waals surface area (Å²) in [6.45, 7) is -2.43. The number of hydrogen-bond acceptors (Lipinski definition) is 2. The molecule has 0 radical (unpaired) electrons. The van der Waals surface area contributed by atoms with Gasteiger partial charge in [-0.05, 0) is 12.2 Å². The lowest BCUT2D eigenvalue weighted by Crippen LogP contribution is -0.955. The van der Waals surface area contributed by atoms with Crippen LogP contribution in [0.15, 0.2) is 0 Å². The Morgan fingerprint density at radius 3 is 1.50 bits per heavy atom. The van der Waals surface area contributed by atoms with Gasteiger partial charge in [0.25, 0.3) is 0 Å². The third-order valence-corrected chi connectivity index (χ3v) is 0. The van der Waals surface area contributed by atoms with Crippen LogP contribution in [0, 0.1) is 0 Å². The van der Waals surface area contributed by atoms with Crippen LogP contribution in [0.4, 0.5) is 0 Å². The minimum Gasteiger partial charge on any atom is -0.225 e. The summed E-state index contributed by atoms with van der Waals surface area (Å²) in [7, 11) is 0. The third-order valence-electron chi connectivity index (χ3n) is 0. The molecule has 0 aromatic rings. The quantitative estimate of drug-likeness (QED) is 0.360. The summed E-state index contributed by atoms with van der Waals surface area (Å²) in [6.07, 6.45) is 0. The van der Waals surface area contributed by atoms with Crippen LogP contribution in [0.2, 0.25) is 0 Å². The molecule has 4 heteroatoms. The molecule has 2 nitrogen and oxygen atoms in total. The summed E-state index contributed by atoms with van der Waals surface area (Å²) in [5.41, 5.74) is 0. The van der Waals surface area contributed by atoms with E-state index in [-0.39, 0.29) is 0 Å². The van der Waals surface area contributed by atoms with Crippen molar-refractivity contribution in [3.05, 3.63) is 0 Å². The lowest BCUT2D eigenvalue weighted by atomic mass is 15.9. The second-order valence-electron chi connectivity index (χ2n) is 0.238. The molecule has 0 atom stereocenters. The maximum Gasteiger partial charge on any atom is 0.375 e. The third kappa shape index (κ3) is 56.3. The van der Waals surface area contributed by atoms with Gasteiger partial charge in [-0.25, -0.2) is 9.13 Å². The summed E-state index contributed by atoms with van der Waals surface area (Å²) < 4.78 is 17.8. The van der Waals surface area contributed by atoms with Gasteiger partial charge in [-0.2, -0.15) is 0 Å². The molecular formula is HO2PS. The molecule has 0 aliphatic heterocycles. The lowest BCUT2D eigenvalue weighted by molar-refractivity contribution is 0.528. The summed E-state index contributed by atoms with van der Waals surface area (Å²) in [5, 5.41) is 0. The van der Waals surface area contributed by atoms with Crippen LogP contribution in [0.25, 0.3) is 0 Å². The smallest absolute Gasteiger partial charge is 0.225 e. The first kappa shape index (κ1) is 4.25. The maximum absolute atomic E-state index is 8.90. The van der Waals surface area contributed by atoms with E-state index in [1.165, 1.54) is 0 Å². The molecule has 0 N–H and O–H groups in total. The maximum atomic E-state index is 8.90. The highest BCUT2D eigenvalue weighted by molar-refractivity contribution is 8.36. The molecule has 0 saturated heterocycles. The predicted octanol–water partition coefficient (Wildman–Crippen LogP) is 1.00. The summed E-state index contributed by atoms with van der Waals surface area (Å²) in [4.78, 5) is 0. The van der Waals surface area contributed by atoms with Crippen molar-refractivity contribution < 1.29 is 9.13 Å². The predicted molar refractivity (Wildman–Crippen MR) is 17.3 cm³/mol. The summed E-state index contributed by atoms with van der Waals surface area (Å²) in [5.74, 6) is 0. The van der Waals surface area contributed by atoms with Crippen LogP contribution >= 0.6 is 19.1 Å². The summed E-state index contributed by atoms with van der Waals surface area (Å²) >= 11 is 2.92. The normalized spacial score (nSPS) is 6.25. The molecule has 0 saturated carbocycles. The molecule has 24 valence electrons. The van der Waals surface area contributed by atoms with Crippen molar-refractivity contribution in [3.63, 3.8) is 0 Å². The van der Waals surface area contributed by atoms with E-state index in [0.717, 1.165) is 0 Å². The lowest BCUT2D eigenvalue weighted by Gasteiger charge is -1.32. The van der Waals surface area contributed by atoms with E-state index in [2.05, 4.69) is 12.2 Å². The Balaban J connectivity index is 3.51. The Morgan fingerprint density at radius 2 is 1.50 bits per heavy atom. The Labute approximate surface area is 29.2 Å². The zero-order valence-corrected chi connectivity index (χ0v) is 3.50. The zero-order chi connectivity index (χ0) is 3.58. The minimum atomic E-state index is -2.43. The van der Waals surface area contributed by atoms with E-state index < -0.39 is 6.88 Å². The van der Waals surface area contributed by atoms with Gasteiger partial charge in [-0.1, -0.05) is 0 Å². The van der Waals surface area contributed by atoms with Crippen molar-refractivity contribution in [2.24, 2.45) is 0 Å². The Bertz CT molecular complexity index is 54.4. The average molecular weight is 96.0 g/mol. The van der Waals surface area contributed by atoms with E-state index >= 15 is 0 Å². The molecule has 0 aliphatic carbocycles. The zero-order valence-electron chi connectivity index (χ0n) is 1.71. The fourth-order valence-corrected chi connectivity index (χ4v) is 0. The van der Waals surface area contributed by atoms with Crippen molar-refractivity contribution >= 4 is 19.1 Å². The minimum absolute atomic E-state index is 2.43. The van der Waals surface area contributed by atoms with Crippen molar-refractivity contribution in [1.29, 1.82) is 0 Å². The van der Waals surface area contributed by atoms with Gasteiger partial charge in [0.05, 0.1) is 0 Å². The molecule has 0 bridgehead atoms. The molecule has 4 heavy (non-hydrogen) atoms. The number of thiol groups is 1. The number of hydrogen-bond donors (Lipinski definition) is 1. The highest BCUT2D eigenvalue weighted by Crippen LogP contribution is 2.04. The molecule has 0 amide bonds. The molecule has 0 fully saturated rings. The largest absolute Gasteiger partial charge is 0.375 e. The van der Waals surface area contributed by atoms with Crippen LogP contribution in [0.5, 0.6) is 0 Å². The topological polar surface area (TPSA) is 34.1 Å². The Morgan fingerprint density at radius 1 is 1.50 bits per heavy atom. The first-order valence-electron chi connectivity index (χ1n) is 0.565. The molecule has 0 spiro atoms. The first-order valence-corrected chi connectivity index (χ1v) is 2.90. The molecule has 0 rings (SSSR count). The highest BCUT2D eigenvalue weighted by atomic mass is 32.7. The molecule has 0 aromatic carbocycles. The van der Waals surface area contributed by atoms with E-state index in [1.807, 2.05) is 0 Å². The van der Waals surface area contributed by atoms with Gasteiger partial charge in [-0.15, -0.1) is 0 Å². The van der Waals surface area contributed by atoms with Gasteiger partial charge in [-0.3, -0.25) is 0 Å². The standard InChI is InChI=1S/HO2PS/c1-3(2)4/h(H,1,2,4). The number of rotatable bonds is 0. The molecule has 0 aliphatic rings. The Hall–Kier alpha value is 0.250. The second-order valence-corrected chi connectivity index (χ2v) is 1.69. The van der Waals surface area contributed by atoms with Crippen molar-refractivity contribution in [2.45, 2.75) is 0 Å². The monoisotopic (exact) mass is 95.9 g/mol. The average Bonchev–Trinajstić information content (AvgIpc) is 0.811. The van der Waals surface area contributed by atoms with E-state index in [1.54, 1.807) is 0 Å². The first-order chi connectivity index (χ1) is 1.73. The van der Waals surface area contributed by atoms with Gasteiger partial charge in [0.2, 0.25) is 0 Å². The van der Waals surface area contributed by atoms with Crippen LogP contribution < -0.4 is 0 Å². The Kier molecular flexibility index (Phi) is 1.66. The van der Waals surface area contributed by atoms with Crippen LogP contribution in [0.1, 0.15) is 0 Å². The van der Waals surface area contributed by atoms with Crippen molar-refractivity contribution in [2.75, 3.05) is 0 Å².